The van der Waals surface area contributed by atoms with E-state index in [4.69, 9.17) is 4.74 Å². The van der Waals surface area contributed by atoms with Crippen LogP contribution in [0.3, 0.4) is 0 Å². The van der Waals surface area contributed by atoms with Crippen LogP contribution < -0.4 is 15.0 Å². The van der Waals surface area contributed by atoms with Crippen LogP contribution >= 0.6 is 0 Å². The molecule has 5 nitrogen and oxygen atoms in total. The van der Waals surface area contributed by atoms with Crippen LogP contribution in [-0.2, 0) is 18.3 Å². The number of hydrogen-bond donors (Lipinski definition) is 2. The first-order valence-electron chi connectivity index (χ1n) is 11.7. The molecule has 1 amide bonds. The predicted molar refractivity (Wildman–Crippen MR) is 132 cm³/mol. The monoisotopic (exact) mass is 446 g/mol. The van der Waals surface area contributed by atoms with E-state index in [1.165, 1.54) is 22.4 Å². The van der Waals surface area contributed by atoms with Crippen molar-refractivity contribution < 1.29 is 14.6 Å². The highest BCUT2D eigenvalue weighted by Gasteiger charge is 2.51. The molecule has 3 atom stereocenters. The van der Waals surface area contributed by atoms with Crippen LogP contribution in [0, 0.1) is 17.8 Å². The van der Waals surface area contributed by atoms with Crippen molar-refractivity contribution >= 4 is 11.8 Å². The summed E-state index contributed by atoms with van der Waals surface area (Å²) in [4.78, 5) is 13.9. The van der Waals surface area contributed by atoms with E-state index in [1.807, 2.05) is 12.1 Å². The maximum Gasteiger partial charge on any atom is 0.412 e. The molecule has 0 aromatic heterocycles. The molecular formula is C28H34N2O3. The molecule has 2 aliphatic rings. The molecule has 0 unspecified atom stereocenters. The van der Waals surface area contributed by atoms with Crippen molar-refractivity contribution in [3.05, 3.63) is 59.2 Å². The van der Waals surface area contributed by atoms with Crippen molar-refractivity contribution in [1.82, 2.24) is 5.32 Å². The van der Waals surface area contributed by atoms with Gasteiger partial charge >= 0.3 is 6.09 Å². The van der Waals surface area contributed by atoms with Crippen LogP contribution in [0.15, 0.2) is 42.5 Å². The molecule has 0 heterocycles. The molecule has 1 saturated carbocycles. The molecule has 0 saturated heterocycles. The molecular weight excluding hydrogens is 412 g/mol. The van der Waals surface area contributed by atoms with Crippen LogP contribution in [0.25, 0.3) is 0 Å². The van der Waals surface area contributed by atoms with Crippen molar-refractivity contribution in [2.45, 2.75) is 56.5 Å². The van der Waals surface area contributed by atoms with Crippen molar-refractivity contribution in [2.75, 3.05) is 26.0 Å². The zero-order chi connectivity index (χ0) is 23.6. The van der Waals surface area contributed by atoms with E-state index < -0.39 is 11.7 Å². The van der Waals surface area contributed by atoms with Gasteiger partial charge in [-0.2, -0.15) is 0 Å². The smallest absolute Gasteiger partial charge is 0.410 e. The predicted octanol–water partition coefficient (Wildman–Crippen LogP) is 4.45. The number of carbonyl (C=O) groups excluding carboxylic acids is 1. The Labute approximate surface area is 197 Å². The molecule has 4 rings (SSSR count). The fraction of sp³-hybridized carbons (Fsp3) is 0.464. The zero-order valence-corrected chi connectivity index (χ0v) is 20.1. The quantitative estimate of drug-likeness (QED) is 0.681. The summed E-state index contributed by atoms with van der Waals surface area (Å²) in [6.07, 6.45) is 4.57. The standard InChI is InChI=1S/C28H34N2O3/c1-5-13-27(32)14-15-28(18-20-7-6-8-23(16-20)30(3)4)22(19-27)10-9-21-17-24(11-12-25(21)28)33-26(31)29-2/h6-8,11-12,16-17,22,32H,9-10,14-15,18-19H2,1-4H3,(H,29,31)/t22-,27-,28+/m1/s1. The fourth-order valence-electron chi connectivity index (χ4n) is 5.87. The number of nitrogens with one attached hydrogen (secondary N) is 1. The average Bonchev–Trinajstić information content (AvgIpc) is 2.79. The summed E-state index contributed by atoms with van der Waals surface area (Å²) in [7, 11) is 5.69. The lowest BCUT2D eigenvalue weighted by Crippen LogP contribution is -2.50. The maximum atomic E-state index is 11.7. The Hall–Kier alpha value is -2.97. The summed E-state index contributed by atoms with van der Waals surface area (Å²) >= 11 is 0. The van der Waals surface area contributed by atoms with E-state index in [2.05, 4.69) is 66.5 Å². The topological polar surface area (TPSA) is 61.8 Å². The van der Waals surface area contributed by atoms with Crippen molar-refractivity contribution in [3.8, 4) is 17.6 Å². The second kappa shape index (κ2) is 9.11. The lowest BCUT2D eigenvalue weighted by atomic mass is 9.52. The van der Waals surface area contributed by atoms with E-state index in [-0.39, 0.29) is 5.41 Å². The van der Waals surface area contributed by atoms with Gasteiger partial charge in [-0.3, -0.25) is 0 Å². The number of aliphatic hydroxyl groups is 1. The molecule has 1 fully saturated rings. The summed E-state index contributed by atoms with van der Waals surface area (Å²) in [6.45, 7) is 1.80. The minimum atomic E-state index is -0.909. The van der Waals surface area contributed by atoms with E-state index in [0.717, 1.165) is 25.7 Å². The summed E-state index contributed by atoms with van der Waals surface area (Å²) in [5.41, 5.74) is 4.07. The minimum Gasteiger partial charge on any atom is -0.410 e. The van der Waals surface area contributed by atoms with Gasteiger partial charge in [-0.1, -0.05) is 24.1 Å². The Morgan fingerprint density at radius 2 is 2.06 bits per heavy atom. The van der Waals surface area contributed by atoms with Gasteiger partial charge < -0.3 is 20.1 Å². The second-order valence-electron chi connectivity index (χ2n) is 9.70. The lowest BCUT2D eigenvalue weighted by Gasteiger charge is -2.52. The highest BCUT2D eigenvalue weighted by Crippen LogP contribution is 2.54. The van der Waals surface area contributed by atoms with Gasteiger partial charge in [0, 0.05) is 32.2 Å². The molecule has 2 aromatic rings. The number of carbonyl (C=O) groups is 1. The van der Waals surface area contributed by atoms with Gasteiger partial charge in [0.1, 0.15) is 11.4 Å². The molecule has 0 spiro atoms. The molecule has 0 radical (unpaired) electrons. The van der Waals surface area contributed by atoms with E-state index in [9.17, 15) is 9.90 Å². The summed E-state index contributed by atoms with van der Waals surface area (Å²) in [6, 6.07) is 14.8. The Bertz CT molecular complexity index is 1100. The number of benzene rings is 2. The number of rotatable bonds is 4. The fourth-order valence-corrected chi connectivity index (χ4v) is 5.87. The number of anilines is 1. The molecule has 2 aromatic carbocycles. The highest BCUT2D eigenvalue weighted by molar-refractivity contribution is 5.70. The summed E-state index contributed by atoms with van der Waals surface area (Å²) in [5.74, 6) is 6.94. The lowest BCUT2D eigenvalue weighted by molar-refractivity contribution is -0.00804. The van der Waals surface area contributed by atoms with Crippen LogP contribution in [0.5, 0.6) is 5.75 Å². The Morgan fingerprint density at radius 1 is 1.24 bits per heavy atom. The van der Waals surface area contributed by atoms with Gasteiger partial charge in [0.15, 0.2) is 0 Å². The summed E-state index contributed by atoms with van der Waals surface area (Å²) in [5, 5.41) is 13.7. The van der Waals surface area contributed by atoms with Crippen LogP contribution in [0.4, 0.5) is 10.5 Å². The molecule has 0 aliphatic heterocycles. The van der Waals surface area contributed by atoms with Crippen LogP contribution in [-0.4, -0.2) is 37.9 Å². The third-order valence-electron chi connectivity index (χ3n) is 7.44. The highest BCUT2D eigenvalue weighted by atomic mass is 16.5. The normalized spacial score (nSPS) is 25.7. The van der Waals surface area contributed by atoms with Gasteiger partial charge in [-0.15, -0.1) is 5.92 Å². The van der Waals surface area contributed by atoms with Crippen molar-refractivity contribution in [2.24, 2.45) is 5.92 Å². The van der Waals surface area contributed by atoms with Crippen LogP contribution in [0.2, 0.25) is 0 Å². The number of nitrogens with zero attached hydrogens (tertiary/aromatic N) is 1. The third kappa shape index (κ3) is 4.58. The number of ether oxygens (including phenoxy) is 1. The number of aryl methyl sites for hydroxylation is 1. The van der Waals surface area contributed by atoms with Gasteiger partial charge in [0.25, 0.3) is 0 Å². The molecule has 2 aliphatic carbocycles. The number of fused-ring (bicyclic) bond motifs is 3. The van der Waals surface area contributed by atoms with Gasteiger partial charge in [-0.25, -0.2) is 4.79 Å². The van der Waals surface area contributed by atoms with Gasteiger partial charge in [-0.05, 0) is 92.3 Å². The van der Waals surface area contributed by atoms with E-state index >= 15 is 0 Å². The molecule has 174 valence electrons. The molecule has 33 heavy (non-hydrogen) atoms. The second-order valence-corrected chi connectivity index (χ2v) is 9.70. The van der Waals surface area contributed by atoms with Crippen molar-refractivity contribution in [3.63, 3.8) is 0 Å². The first-order valence-corrected chi connectivity index (χ1v) is 11.7. The molecule has 5 heteroatoms. The average molecular weight is 447 g/mol. The first-order chi connectivity index (χ1) is 15.8. The van der Waals surface area contributed by atoms with E-state index in [1.54, 1.807) is 14.0 Å². The number of amides is 1. The van der Waals surface area contributed by atoms with Crippen LogP contribution in [0.1, 0.15) is 49.3 Å². The van der Waals surface area contributed by atoms with Gasteiger partial charge in [0.2, 0.25) is 0 Å². The summed E-state index contributed by atoms with van der Waals surface area (Å²) < 4.78 is 5.41. The minimum absolute atomic E-state index is 0.0777. The first kappa shape index (κ1) is 23.2. The Morgan fingerprint density at radius 3 is 2.79 bits per heavy atom. The Kier molecular flexibility index (Phi) is 6.41. The zero-order valence-electron chi connectivity index (χ0n) is 20.1. The SMILES string of the molecule is CC#C[C@@]1(O)CC[C@@]2(Cc3cccc(N(C)C)c3)c3ccc(OC(=O)NC)cc3CC[C@@H]2C1. The number of hydrogen-bond acceptors (Lipinski definition) is 4. The van der Waals surface area contributed by atoms with Crippen molar-refractivity contribution in [1.29, 1.82) is 0 Å². The largest absolute Gasteiger partial charge is 0.412 e. The third-order valence-corrected chi connectivity index (χ3v) is 7.44. The maximum absolute atomic E-state index is 11.7. The Balaban J connectivity index is 1.76. The van der Waals surface area contributed by atoms with E-state index in [0.29, 0.717) is 24.5 Å². The molecule has 0 bridgehead atoms. The van der Waals surface area contributed by atoms with Gasteiger partial charge in [0.05, 0.1) is 0 Å². The molecule has 2 N–H and O–H groups in total.